The number of likely N-dealkylation sites (tertiary alicyclic amines) is 1. The molecule has 4 fully saturated rings. The summed E-state index contributed by atoms with van der Waals surface area (Å²) in [6.45, 7) is 1.36. The summed E-state index contributed by atoms with van der Waals surface area (Å²) in [6.07, 6.45) is 4.19. The number of benzene rings is 2. The summed E-state index contributed by atoms with van der Waals surface area (Å²) < 4.78 is -0.141. The summed E-state index contributed by atoms with van der Waals surface area (Å²) in [5, 5.41) is 13.9. The molecule has 6 rings (SSSR count). The molecule has 27 heavy (non-hydrogen) atoms. The van der Waals surface area contributed by atoms with E-state index < -0.39 is 5.54 Å². The molecule has 0 spiro atoms. The van der Waals surface area contributed by atoms with Crippen molar-refractivity contribution in [2.45, 2.75) is 49.5 Å². The van der Waals surface area contributed by atoms with E-state index in [1.54, 1.807) is 0 Å². The number of nitrogens with zero attached hydrogens (tertiary/aromatic N) is 1. The molecule has 1 heterocycles. The quantitative estimate of drug-likeness (QED) is 0.583. The van der Waals surface area contributed by atoms with Gasteiger partial charge in [0, 0.05) is 43.4 Å². The molecular weight excluding hydrogens is 334 g/mol. The first-order valence-electron chi connectivity index (χ1n) is 10.3. The van der Waals surface area contributed by atoms with Crippen LogP contribution in [-0.4, -0.2) is 29.1 Å². The zero-order chi connectivity index (χ0) is 18.5. The van der Waals surface area contributed by atoms with Crippen LogP contribution in [0, 0.1) is 11.1 Å². The Labute approximate surface area is 161 Å². The normalized spacial score (nSPS) is 34.7. The highest BCUT2D eigenvalue weighted by atomic mass is 16.6. The maximum Gasteiger partial charge on any atom is 0.143 e. The van der Waals surface area contributed by atoms with Crippen LogP contribution in [0.2, 0.25) is 0 Å². The summed E-state index contributed by atoms with van der Waals surface area (Å²) in [5.41, 5.74) is 2.02. The Balaban J connectivity index is 1.64. The zero-order valence-corrected chi connectivity index (χ0v) is 15.7. The van der Waals surface area contributed by atoms with Gasteiger partial charge in [-0.25, -0.2) is 0 Å². The lowest BCUT2D eigenvalue weighted by Gasteiger charge is -2.63. The van der Waals surface area contributed by atoms with Gasteiger partial charge < -0.3 is 9.85 Å². The molecule has 2 bridgehead atoms. The van der Waals surface area contributed by atoms with Gasteiger partial charge in [0.1, 0.15) is 11.3 Å². The van der Waals surface area contributed by atoms with Crippen LogP contribution in [0.5, 0.6) is 0 Å². The third-order valence-electron chi connectivity index (χ3n) is 7.55. The predicted molar refractivity (Wildman–Crippen MR) is 106 cm³/mol. The van der Waals surface area contributed by atoms with Crippen molar-refractivity contribution in [3.63, 3.8) is 0 Å². The molecule has 0 radical (unpaired) electrons. The molecule has 4 aliphatic rings. The molecule has 0 aromatic heterocycles. The third kappa shape index (κ3) is 2.60. The van der Waals surface area contributed by atoms with E-state index in [1.165, 1.54) is 11.1 Å². The monoisotopic (exact) mass is 361 g/mol. The van der Waals surface area contributed by atoms with E-state index in [0.29, 0.717) is 25.3 Å². The summed E-state index contributed by atoms with van der Waals surface area (Å²) in [7, 11) is 0. The van der Waals surface area contributed by atoms with E-state index in [1.807, 2.05) is 12.1 Å². The molecule has 3 nitrogen and oxygen atoms in total. The number of Topliss-reactive ketones (excluding diaryl/α,β-unsaturated/α-hetero) is 1. The van der Waals surface area contributed by atoms with E-state index in [4.69, 9.17) is 0 Å². The van der Waals surface area contributed by atoms with Crippen molar-refractivity contribution < 1.29 is 9.44 Å². The maximum atomic E-state index is 13.9. The van der Waals surface area contributed by atoms with E-state index in [9.17, 15) is 10.0 Å². The van der Waals surface area contributed by atoms with Crippen LogP contribution in [0.3, 0.4) is 0 Å². The molecular formula is C24H27NO2. The Hall–Kier alpha value is -1.97. The fraction of sp³-hybridized carbons (Fsp3) is 0.458. The average Bonchev–Trinajstić information content (AvgIpc) is 3.17. The Morgan fingerprint density at radius 2 is 1.30 bits per heavy atom. The van der Waals surface area contributed by atoms with Crippen LogP contribution < -0.4 is 0 Å². The van der Waals surface area contributed by atoms with Crippen LogP contribution in [-0.2, 0) is 4.79 Å². The minimum atomic E-state index is -0.441. The third-order valence-corrected chi connectivity index (χ3v) is 7.55. The molecule has 2 aromatic rings. The Morgan fingerprint density at radius 1 is 0.815 bits per heavy atom. The highest BCUT2D eigenvalue weighted by molar-refractivity contribution is 5.86. The van der Waals surface area contributed by atoms with Crippen LogP contribution in [0.4, 0.5) is 0 Å². The first-order valence-corrected chi connectivity index (χ1v) is 10.3. The molecule has 0 N–H and O–H groups in total. The molecule has 0 unspecified atom stereocenters. The van der Waals surface area contributed by atoms with Crippen molar-refractivity contribution in [3.8, 4) is 0 Å². The van der Waals surface area contributed by atoms with E-state index in [-0.39, 0.29) is 22.4 Å². The van der Waals surface area contributed by atoms with E-state index >= 15 is 0 Å². The van der Waals surface area contributed by atoms with Crippen molar-refractivity contribution in [2.75, 3.05) is 13.1 Å². The number of carbonyl (C=O) groups is 1. The average molecular weight is 361 g/mol. The molecule has 0 amide bonds. The lowest BCUT2D eigenvalue weighted by molar-refractivity contribution is -0.924. The number of carbonyl (C=O) groups excluding carboxylic acids is 1. The topological polar surface area (TPSA) is 40.1 Å². The second-order valence-electron chi connectivity index (χ2n) is 8.88. The van der Waals surface area contributed by atoms with Crippen LogP contribution in [0.15, 0.2) is 60.7 Å². The number of fused-ring (bicyclic) bond motifs is 3. The van der Waals surface area contributed by atoms with Gasteiger partial charge in [0.2, 0.25) is 0 Å². The summed E-state index contributed by atoms with van der Waals surface area (Å²) in [4.78, 5) is 13.4. The highest BCUT2D eigenvalue weighted by Crippen LogP contribution is 2.60. The van der Waals surface area contributed by atoms with E-state index in [2.05, 4.69) is 48.5 Å². The molecule has 140 valence electrons. The van der Waals surface area contributed by atoms with Gasteiger partial charge in [-0.2, -0.15) is 0 Å². The van der Waals surface area contributed by atoms with Gasteiger partial charge in [-0.05, 0) is 11.1 Å². The molecule has 1 saturated heterocycles. The fourth-order valence-electron chi connectivity index (χ4n) is 6.32. The number of hydrogen-bond acceptors (Lipinski definition) is 2. The van der Waals surface area contributed by atoms with Gasteiger partial charge in [0.05, 0.1) is 19.5 Å². The molecule has 2 atom stereocenters. The van der Waals surface area contributed by atoms with Crippen LogP contribution in [0.1, 0.15) is 55.1 Å². The first-order chi connectivity index (χ1) is 13.1. The standard InChI is InChI=1S/C24H27NO2/c26-22-17-24(25(27)13-7-8-14-25)15-20(18-9-3-1-4-10-18)23(22)21(16-24)19-11-5-2-6-12-19/h1-6,9-12,20-21,23H,7-8,13-17H2/t20-,21-,23?,24?/m0/s1. The smallest absolute Gasteiger partial charge is 0.143 e. The Kier molecular flexibility index (Phi) is 3.99. The van der Waals surface area contributed by atoms with Gasteiger partial charge >= 0.3 is 0 Å². The number of rotatable bonds is 3. The van der Waals surface area contributed by atoms with Crippen molar-refractivity contribution in [3.05, 3.63) is 77.0 Å². The molecule has 3 saturated carbocycles. The van der Waals surface area contributed by atoms with Crippen molar-refractivity contribution in [1.82, 2.24) is 0 Å². The van der Waals surface area contributed by atoms with Crippen LogP contribution in [0.25, 0.3) is 0 Å². The van der Waals surface area contributed by atoms with Gasteiger partial charge in [-0.3, -0.25) is 4.79 Å². The van der Waals surface area contributed by atoms with Gasteiger partial charge in [-0.1, -0.05) is 60.7 Å². The predicted octanol–water partition coefficient (Wildman–Crippen LogP) is 4.78. The SMILES string of the molecule is O=C1CC2([N+]3([O-])CCCC3)C[C@@H](c3ccccc3)C1[C@H](c1ccccc1)C2. The number of ketones is 1. The molecule has 3 aliphatic carbocycles. The van der Waals surface area contributed by atoms with Crippen molar-refractivity contribution in [2.24, 2.45) is 5.92 Å². The molecule has 3 heteroatoms. The van der Waals surface area contributed by atoms with Gasteiger partial charge in [-0.15, -0.1) is 0 Å². The second-order valence-corrected chi connectivity index (χ2v) is 8.88. The van der Waals surface area contributed by atoms with Gasteiger partial charge in [0.15, 0.2) is 0 Å². The van der Waals surface area contributed by atoms with Crippen molar-refractivity contribution in [1.29, 1.82) is 0 Å². The number of hydrogen-bond donors (Lipinski definition) is 0. The van der Waals surface area contributed by atoms with Crippen LogP contribution >= 0.6 is 0 Å². The highest BCUT2D eigenvalue weighted by Gasteiger charge is 2.62. The largest absolute Gasteiger partial charge is 0.632 e. The lowest BCUT2D eigenvalue weighted by atomic mass is 9.52. The van der Waals surface area contributed by atoms with Gasteiger partial charge in [0.25, 0.3) is 0 Å². The minimum absolute atomic E-state index is 0.00544. The van der Waals surface area contributed by atoms with E-state index in [0.717, 1.165) is 25.7 Å². The zero-order valence-electron chi connectivity index (χ0n) is 15.7. The summed E-state index contributed by atoms with van der Waals surface area (Å²) in [6, 6.07) is 20.9. The second kappa shape index (κ2) is 6.29. The van der Waals surface area contributed by atoms with Crippen molar-refractivity contribution >= 4 is 5.78 Å². The fourth-order valence-corrected chi connectivity index (χ4v) is 6.32. The summed E-state index contributed by atoms with van der Waals surface area (Å²) >= 11 is 0. The Morgan fingerprint density at radius 3 is 1.78 bits per heavy atom. The molecule has 1 aliphatic heterocycles. The minimum Gasteiger partial charge on any atom is -0.632 e. The first kappa shape index (κ1) is 17.2. The lowest BCUT2D eigenvalue weighted by Crippen LogP contribution is -2.67. The Bertz CT molecular complexity index is 776. The number of hydroxylamine groups is 3. The summed E-state index contributed by atoms with van der Waals surface area (Å²) in [5.74, 6) is 0.647. The maximum absolute atomic E-state index is 13.9. The molecule has 2 aromatic carbocycles. The number of quaternary nitrogens is 1.